The van der Waals surface area contributed by atoms with Crippen LogP contribution in [0.3, 0.4) is 0 Å². The molecule has 0 heterocycles. The first-order valence-corrected chi connectivity index (χ1v) is 9.17. The first-order chi connectivity index (χ1) is 12.1. The van der Waals surface area contributed by atoms with Crippen molar-refractivity contribution in [3.63, 3.8) is 0 Å². The number of aryl methyl sites for hydroxylation is 1. The molecule has 0 spiro atoms. The fraction of sp³-hybridized carbons (Fsp3) is 0.571. The molecule has 26 heavy (non-hydrogen) atoms. The van der Waals surface area contributed by atoms with Crippen molar-refractivity contribution in [2.24, 2.45) is 11.3 Å². The van der Waals surface area contributed by atoms with Gasteiger partial charge in [-0.1, -0.05) is 65.0 Å². The lowest BCUT2D eigenvalue weighted by atomic mass is 9.90. The van der Waals surface area contributed by atoms with Gasteiger partial charge in [-0.3, -0.25) is 9.59 Å². The molecule has 1 aromatic carbocycles. The third kappa shape index (κ3) is 7.81. The second-order valence-electron chi connectivity index (χ2n) is 7.99. The van der Waals surface area contributed by atoms with Gasteiger partial charge in [0.25, 0.3) is 5.91 Å². The summed E-state index contributed by atoms with van der Waals surface area (Å²) in [6.07, 6.45) is 1.96. The first-order valence-electron chi connectivity index (χ1n) is 9.17. The Morgan fingerprint density at radius 3 is 2.23 bits per heavy atom. The molecule has 1 atom stereocenters. The number of carbonyl (C=O) groups is 3. The Balaban J connectivity index is 2.54. The van der Waals surface area contributed by atoms with Gasteiger partial charge in [0.15, 0.2) is 0 Å². The zero-order valence-electron chi connectivity index (χ0n) is 16.5. The van der Waals surface area contributed by atoms with Crippen molar-refractivity contribution in [1.29, 1.82) is 0 Å². The van der Waals surface area contributed by atoms with E-state index in [2.05, 4.69) is 5.32 Å². The molecule has 0 fully saturated rings. The molecule has 0 radical (unpaired) electrons. The molecule has 1 aromatic rings. The standard InChI is InChI=1S/C21H31NO4/c1-15(2)14-17(22-19(24)18(23)21(3,4)5)20(25)26-13-9-12-16-10-7-6-8-11-16/h6-8,10-11,15,17H,9,12-14H2,1-5H3,(H,22,24)/t17-/m0/s1. The molecule has 0 aliphatic heterocycles. The topological polar surface area (TPSA) is 72.5 Å². The van der Waals surface area contributed by atoms with E-state index < -0.39 is 29.1 Å². The molecule has 144 valence electrons. The minimum Gasteiger partial charge on any atom is -0.464 e. The van der Waals surface area contributed by atoms with Crippen molar-refractivity contribution in [2.75, 3.05) is 6.61 Å². The quantitative estimate of drug-likeness (QED) is 0.416. The summed E-state index contributed by atoms with van der Waals surface area (Å²) in [7, 11) is 0. The Hall–Kier alpha value is -2.17. The number of carbonyl (C=O) groups excluding carboxylic acids is 3. The van der Waals surface area contributed by atoms with Crippen LogP contribution in [-0.2, 0) is 25.5 Å². The van der Waals surface area contributed by atoms with Crippen molar-refractivity contribution in [2.45, 2.75) is 59.9 Å². The average Bonchev–Trinajstić information content (AvgIpc) is 2.56. The van der Waals surface area contributed by atoms with Gasteiger partial charge in [0.2, 0.25) is 5.78 Å². The van der Waals surface area contributed by atoms with E-state index in [1.807, 2.05) is 44.2 Å². The van der Waals surface area contributed by atoms with Crippen molar-refractivity contribution in [3.05, 3.63) is 35.9 Å². The van der Waals surface area contributed by atoms with Crippen LogP contribution in [0.1, 0.15) is 53.0 Å². The molecule has 0 aliphatic rings. The number of esters is 1. The lowest BCUT2D eigenvalue weighted by Gasteiger charge is -2.21. The van der Waals surface area contributed by atoms with E-state index in [0.29, 0.717) is 12.8 Å². The SMILES string of the molecule is CC(C)C[C@H](NC(=O)C(=O)C(C)(C)C)C(=O)OCCCc1ccccc1. The van der Waals surface area contributed by atoms with Crippen LogP contribution in [0.4, 0.5) is 0 Å². The molecule has 1 amide bonds. The highest BCUT2D eigenvalue weighted by Gasteiger charge is 2.32. The Kier molecular flexibility index (Phi) is 8.49. The van der Waals surface area contributed by atoms with Gasteiger partial charge in [0, 0.05) is 5.41 Å². The molecule has 5 nitrogen and oxygen atoms in total. The van der Waals surface area contributed by atoms with Crippen molar-refractivity contribution >= 4 is 17.7 Å². The number of amides is 1. The van der Waals surface area contributed by atoms with Gasteiger partial charge in [0.1, 0.15) is 6.04 Å². The Labute approximate surface area is 156 Å². The third-order valence-corrected chi connectivity index (χ3v) is 3.88. The number of hydrogen-bond donors (Lipinski definition) is 1. The van der Waals surface area contributed by atoms with Crippen LogP contribution >= 0.6 is 0 Å². The largest absolute Gasteiger partial charge is 0.464 e. The number of nitrogens with one attached hydrogen (secondary N) is 1. The molecule has 0 unspecified atom stereocenters. The van der Waals surface area contributed by atoms with Gasteiger partial charge in [-0.2, -0.15) is 0 Å². The van der Waals surface area contributed by atoms with Crippen LogP contribution < -0.4 is 5.32 Å². The fourth-order valence-corrected chi connectivity index (χ4v) is 2.44. The van der Waals surface area contributed by atoms with Crippen LogP contribution in [0.5, 0.6) is 0 Å². The monoisotopic (exact) mass is 361 g/mol. The predicted molar refractivity (Wildman–Crippen MR) is 102 cm³/mol. The molecule has 0 saturated carbocycles. The van der Waals surface area contributed by atoms with Gasteiger partial charge >= 0.3 is 5.97 Å². The minimum absolute atomic E-state index is 0.182. The minimum atomic E-state index is -0.800. The Morgan fingerprint density at radius 1 is 1.08 bits per heavy atom. The maximum atomic E-state index is 12.3. The average molecular weight is 361 g/mol. The number of rotatable bonds is 9. The third-order valence-electron chi connectivity index (χ3n) is 3.88. The molecule has 5 heteroatoms. The number of ether oxygens (including phenoxy) is 1. The summed E-state index contributed by atoms with van der Waals surface area (Å²) in [6, 6.07) is 9.17. The van der Waals surface area contributed by atoms with Gasteiger partial charge in [0.05, 0.1) is 6.61 Å². The molecular formula is C21H31NO4. The van der Waals surface area contributed by atoms with Crippen LogP contribution in [0.25, 0.3) is 0 Å². The fourth-order valence-electron chi connectivity index (χ4n) is 2.44. The normalized spacial score (nSPS) is 12.5. The lowest BCUT2D eigenvalue weighted by Crippen LogP contribution is -2.48. The van der Waals surface area contributed by atoms with E-state index in [1.54, 1.807) is 20.8 Å². The van der Waals surface area contributed by atoms with E-state index in [1.165, 1.54) is 5.56 Å². The summed E-state index contributed by atoms with van der Waals surface area (Å²) < 4.78 is 5.33. The summed E-state index contributed by atoms with van der Waals surface area (Å²) in [6.45, 7) is 9.21. The van der Waals surface area contributed by atoms with E-state index >= 15 is 0 Å². The molecular weight excluding hydrogens is 330 g/mol. The zero-order chi connectivity index (χ0) is 19.7. The number of ketones is 1. The smallest absolute Gasteiger partial charge is 0.328 e. The lowest BCUT2D eigenvalue weighted by molar-refractivity contribution is -0.150. The van der Waals surface area contributed by atoms with Gasteiger partial charge in [-0.15, -0.1) is 0 Å². The van der Waals surface area contributed by atoms with E-state index in [4.69, 9.17) is 4.74 Å². The maximum Gasteiger partial charge on any atom is 0.328 e. The zero-order valence-corrected chi connectivity index (χ0v) is 16.5. The van der Waals surface area contributed by atoms with Crippen LogP contribution in [0.15, 0.2) is 30.3 Å². The molecule has 1 rings (SSSR count). The van der Waals surface area contributed by atoms with Gasteiger partial charge in [-0.05, 0) is 30.7 Å². The summed E-state index contributed by atoms with van der Waals surface area (Å²) in [5.74, 6) is -1.57. The van der Waals surface area contributed by atoms with Crippen molar-refractivity contribution in [1.82, 2.24) is 5.32 Å². The van der Waals surface area contributed by atoms with Crippen molar-refractivity contribution in [3.8, 4) is 0 Å². The van der Waals surface area contributed by atoms with E-state index in [0.717, 1.165) is 6.42 Å². The van der Waals surface area contributed by atoms with Crippen LogP contribution in [0, 0.1) is 11.3 Å². The highest BCUT2D eigenvalue weighted by atomic mass is 16.5. The second kappa shape index (κ2) is 10.1. The summed E-state index contributed by atoms with van der Waals surface area (Å²) in [4.78, 5) is 36.5. The molecule has 1 N–H and O–H groups in total. The highest BCUT2D eigenvalue weighted by Crippen LogP contribution is 2.15. The van der Waals surface area contributed by atoms with E-state index in [9.17, 15) is 14.4 Å². The van der Waals surface area contributed by atoms with Gasteiger partial charge < -0.3 is 10.1 Å². The molecule has 0 bridgehead atoms. The van der Waals surface area contributed by atoms with E-state index in [-0.39, 0.29) is 12.5 Å². The molecule has 0 aromatic heterocycles. The summed E-state index contributed by atoms with van der Waals surface area (Å²) in [5, 5.41) is 2.55. The summed E-state index contributed by atoms with van der Waals surface area (Å²) in [5.41, 5.74) is 0.401. The molecule has 0 aliphatic carbocycles. The Bertz CT molecular complexity index is 602. The Morgan fingerprint density at radius 2 is 1.69 bits per heavy atom. The number of Topliss-reactive ketones (excluding diaryl/α,β-unsaturated/α-hetero) is 1. The highest BCUT2D eigenvalue weighted by molar-refractivity contribution is 6.38. The maximum absolute atomic E-state index is 12.3. The molecule has 0 saturated heterocycles. The van der Waals surface area contributed by atoms with Crippen LogP contribution in [-0.4, -0.2) is 30.3 Å². The number of benzene rings is 1. The number of hydrogen-bond acceptors (Lipinski definition) is 4. The van der Waals surface area contributed by atoms with Gasteiger partial charge in [-0.25, -0.2) is 4.79 Å². The first kappa shape index (κ1) is 21.9. The predicted octanol–water partition coefficient (Wildman–Crippen LogP) is 3.31. The summed E-state index contributed by atoms with van der Waals surface area (Å²) >= 11 is 0. The van der Waals surface area contributed by atoms with Crippen molar-refractivity contribution < 1.29 is 19.1 Å². The second-order valence-corrected chi connectivity index (χ2v) is 7.99. The van der Waals surface area contributed by atoms with Crippen LogP contribution in [0.2, 0.25) is 0 Å².